The maximum Gasteiger partial charge on any atom is 0.129 e. The van der Waals surface area contributed by atoms with Crippen molar-refractivity contribution in [3.8, 4) is 11.5 Å². The van der Waals surface area contributed by atoms with Crippen LogP contribution in [0.2, 0.25) is 0 Å². The maximum absolute atomic E-state index is 5.39. The van der Waals surface area contributed by atoms with Crippen molar-refractivity contribution in [1.82, 2.24) is 5.32 Å². The van der Waals surface area contributed by atoms with E-state index in [9.17, 15) is 0 Å². The highest BCUT2D eigenvalue weighted by Gasteiger charge is 2.08. The third kappa shape index (κ3) is 5.35. The smallest absolute Gasteiger partial charge is 0.129 e. The lowest BCUT2D eigenvalue weighted by atomic mass is 10.1. The van der Waals surface area contributed by atoms with Gasteiger partial charge >= 0.3 is 0 Å². The number of hydrogen-bond acceptors (Lipinski definition) is 3. The van der Waals surface area contributed by atoms with E-state index in [4.69, 9.17) is 9.47 Å². The van der Waals surface area contributed by atoms with Crippen molar-refractivity contribution in [3.05, 3.63) is 29.3 Å². The highest BCUT2D eigenvalue weighted by atomic mass is 16.5. The summed E-state index contributed by atoms with van der Waals surface area (Å²) in [4.78, 5) is 0. The van der Waals surface area contributed by atoms with Gasteiger partial charge in [-0.05, 0) is 39.8 Å². The molecule has 0 unspecified atom stereocenters. The monoisotopic (exact) mass is 263 g/mol. The predicted octanol–water partition coefficient (Wildman–Crippen LogP) is 3.50. The van der Waals surface area contributed by atoms with Crippen LogP contribution in [0.25, 0.3) is 6.08 Å². The van der Waals surface area contributed by atoms with E-state index >= 15 is 0 Å². The molecule has 0 fully saturated rings. The molecule has 0 aliphatic carbocycles. The van der Waals surface area contributed by atoms with Crippen molar-refractivity contribution in [2.45, 2.75) is 33.2 Å². The zero-order valence-electron chi connectivity index (χ0n) is 12.8. The van der Waals surface area contributed by atoms with Crippen molar-refractivity contribution in [2.75, 3.05) is 20.8 Å². The summed E-state index contributed by atoms with van der Waals surface area (Å²) in [6.45, 7) is 9.46. The van der Waals surface area contributed by atoms with Gasteiger partial charge in [0.2, 0.25) is 0 Å². The van der Waals surface area contributed by atoms with E-state index < -0.39 is 0 Å². The van der Waals surface area contributed by atoms with Crippen molar-refractivity contribution < 1.29 is 9.47 Å². The van der Waals surface area contributed by atoms with Crippen molar-refractivity contribution in [2.24, 2.45) is 0 Å². The summed E-state index contributed by atoms with van der Waals surface area (Å²) in [5.74, 6) is 1.63. The van der Waals surface area contributed by atoms with E-state index in [2.05, 4.69) is 39.1 Å². The van der Waals surface area contributed by atoms with Crippen LogP contribution in [0.5, 0.6) is 11.5 Å². The van der Waals surface area contributed by atoms with E-state index in [1.807, 2.05) is 18.2 Å². The summed E-state index contributed by atoms with van der Waals surface area (Å²) in [7, 11) is 3.33. The number of ether oxygens (including phenoxy) is 2. The molecule has 0 aliphatic rings. The van der Waals surface area contributed by atoms with E-state index in [-0.39, 0.29) is 5.54 Å². The summed E-state index contributed by atoms with van der Waals surface area (Å²) >= 11 is 0. The number of methoxy groups -OCH3 is 2. The molecule has 0 aliphatic heterocycles. The van der Waals surface area contributed by atoms with Gasteiger partial charge in [-0.15, -0.1) is 0 Å². The van der Waals surface area contributed by atoms with E-state index in [0.29, 0.717) is 0 Å². The van der Waals surface area contributed by atoms with Crippen LogP contribution in [-0.2, 0) is 0 Å². The molecule has 0 heterocycles. The van der Waals surface area contributed by atoms with Crippen molar-refractivity contribution in [3.63, 3.8) is 0 Å². The molecule has 3 heteroatoms. The van der Waals surface area contributed by atoms with E-state index in [1.165, 1.54) is 5.57 Å². The van der Waals surface area contributed by atoms with Gasteiger partial charge in [-0.3, -0.25) is 0 Å². The number of benzene rings is 1. The third-order valence-electron chi connectivity index (χ3n) is 2.74. The van der Waals surface area contributed by atoms with Crippen molar-refractivity contribution >= 4 is 6.08 Å². The average Bonchev–Trinajstić information content (AvgIpc) is 2.36. The quantitative estimate of drug-likeness (QED) is 0.882. The predicted molar refractivity (Wildman–Crippen MR) is 81.0 cm³/mol. The van der Waals surface area contributed by atoms with Gasteiger partial charge in [0, 0.05) is 23.7 Å². The van der Waals surface area contributed by atoms with Gasteiger partial charge in [-0.1, -0.05) is 11.6 Å². The van der Waals surface area contributed by atoms with Crippen LogP contribution in [0.3, 0.4) is 0 Å². The van der Waals surface area contributed by atoms with Crippen LogP contribution in [-0.4, -0.2) is 26.3 Å². The van der Waals surface area contributed by atoms with Crippen LogP contribution in [0.1, 0.15) is 33.3 Å². The molecule has 0 amide bonds. The Kier molecular flexibility index (Phi) is 5.43. The highest BCUT2D eigenvalue weighted by molar-refractivity contribution is 5.61. The molecule has 0 spiro atoms. The molecule has 0 atom stereocenters. The van der Waals surface area contributed by atoms with Crippen LogP contribution in [0.4, 0.5) is 0 Å². The fourth-order valence-corrected chi connectivity index (χ4v) is 1.66. The summed E-state index contributed by atoms with van der Waals surface area (Å²) in [6, 6.07) is 5.85. The molecule has 0 bridgehead atoms. The molecule has 0 saturated heterocycles. The minimum atomic E-state index is 0.124. The van der Waals surface area contributed by atoms with E-state index in [0.717, 1.165) is 23.6 Å². The SMILES string of the molecule is COc1ccc(C=C(C)CNC(C)(C)C)c(OC)c1. The minimum absolute atomic E-state index is 0.124. The Morgan fingerprint density at radius 3 is 2.42 bits per heavy atom. The maximum atomic E-state index is 5.39. The van der Waals surface area contributed by atoms with Gasteiger partial charge in [-0.2, -0.15) is 0 Å². The Hall–Kier alpha value is -1.48. The molecule has 1 aromatic rings. The topological polar surface area (TPSA) is 30.5 Å². The molecule has 3 nitrogen and oxygen atoms in total. The first-order chi connectivity index (χ1) is 8.85. The largest absolute Gasteiger partial charge is 0.497 e. The fourth-order valence-electron chi connectivity index (χ4n) is 1.66. The van der Waals surface area contributed by atoms with Gasteiger partial charge in [-0.25, -0.2) is 0 Å². The van der Waals surface area contributed by atoms with Crippen LogP contribution in [0, 0.1) is 0 Å². The Balaban J connectivity index is 2.85. The van der Waals surface area contributed by atoms with E-state index in [1.54, 1.807) is 14.2 Å². The zero-order chi connectivity index (χ0) is 14.5. The molecular formula is C16H25NO2. The lowest BCUT2D eigenvalue weighted by molar-refractivity contribution is 0.393. The molecule has 0 saturated carbocycles. The first kappa shape index (κ1) is 15.6. The van der Waals surface area contributed by atoms with Crippen LogP contribution in [0.15, 0.2) is 23.8 Å². The Morgan fingerprint density at radius 2 is 1.89 bits per heavy atom. The first-order valence-electron chi connectivity index (χ1n) is 6.50. The Morgan fingerprint density at radius 1 is 1.21 bits per heavy atom. The average molecular weight is 263 g/mol. The van der Waals surface area contributed by atoms with Gasteiger partial charge in [0.1, 0.15) is 11.5 Å². The standard InChI is InChI=1S/C16H25NO2/c1-12(11-17-16(2,3)4)9-13-7-8-14(18-5)10-15(13)19-6/h7-10,17H,11H2,1-6H3. The second kappa shape index (κ2) is 6.62. The molecule has 106 valence electrons. The van der Waals surface area contributed by atoms with Crippen LogP contribution >= 0.6 is 0 Å². The molecule has 1 rings (SSSR count). The Labute approximate surface area is 116 Å². The molecular weight excluding hydrogens is 238 g/mol. The van der Waals surface area contributed by atoms with Gasteiger partial charge in [0.05, 0.1) is 14.2 Å². The highest BCUT2D eigenvalue weighted by Crippen LogP contribution is 2.26. The first-order valence-corrected chi connectivity index (χ1v) is 6.50. The number of rotatable bonds is 5. The second-order valence-corrected chi connectivity index (χ2v) is 5.70. The normalized spacial score (nSPS) is 12.4. The van der Waals surface area contributed by atoms with Gasteiger partial charge < -0.3 is 14.8 Å². The lowest BCUT2D eigenvalue weighted by Crippen LogP contribution is -2.36. The minimum Gasteiger partial charge on any atom is -0.497 e. The van der Waals surface area contributed by atoms with Gasteiger partial charge in [0.15, 0.2) is 0 Å². The number of nitrogens with one attached hydrogen (secondary N) is 1. The summed E-state index contributed by atoms with van der Waals surface area (Å²) in [5, 5.41) is 3.47. The van der Waals surface area contributed by atoms with Crippen LogP contribution < -0.4 is 14.8 Å². The fraction of sp³-hybridized carbons (Fsp3) is 0.500. The lowest BCUT2D eigenvalue weighted by Gasteiger charge is -2.20. The third-order valence-corrected chi connectivity index (χ3v) is 2.74. The van der Waals surface area contributed by atoms with Crippen molar-refractivity contribution in [1.29, 1.82) is 0 Å². The molecule has 0 aromatic heterocycles. The van der Waals surface area contributed by atoms with Gasteiger partial charge in [0.25, 0.3) is 0 Å². The molecule has 1 aromatic carbocycles. The number of hydrogen-bond donors (Lipinski definition) is 1. The molecule has 1 N–H and O–H groups in total. The summed E-state index contributed by atoms with van der Waals surface area (Å²) in [5.41, 5.74) is 2.45. The summed E-state index contributed by atoms with van der Waals surface area (Å²) < 4.78 is 10.6. The second-order valence-electron chi connectivity index (χ2n) is 5.70. The Bertz CT molecular complexity index is 445. The summed E-state index contributed by atoms with van der Waals surface area (Å²) in [6.07, 6.45) is 2.14. The molecule has 0 radical (unpaired) electrons. The molecule has 19 heavy (non-hydrogen) atoms. The zero-order valence-corrected chi connectivity index (χ0v) is 12.8.